The Labute approximate surface area is 207 Å². The number of rotatable bonds is 3. The summed E-state index contributed by atoms with van der Waals surface area (Å²) in [5.41, 5.74) is 3.53. The van der Waals surface area contributed by atoms with Gasteiger partial charge in [-0.1, -0.05) is 40.6 Å². The van der Waals surface area contributed by atoms with Gasteiger partial charge in [0.1, 0.15) is 0 Å². The summed E-state index contributed by atoms with van der Waals surface area (Å²) in [6, 6.07) is 13.6. The van der Waals surface area contributed by atoms with Crippen molar-refractivity contribution in [3.05, 3.63) is 71.0 Å². The van der Waals surface area contributed by atoms with Gasteiger partial charge in [0, 0.05) is 49.2 Å². The molecule has 2 bridgehead atoms. The van der Waals surface area contributed by atoms with Crippen LogP contribution in [-0.2, 0) is 0 Å². The highest BCUT2D eigenvalue weighted by molar-refractivity contribution is 7.22. The van der Waals surface area contributed by atoms with Gasteiger partial charge < -0.3 is 9.80 Å². The first-order chi connectivity index (χ1) is 16.5. The van der Waals surface area contributed by atoms with Crippen LogP contribution in [0.3, 0.4) is 0 Å². The van der Waals surface area contributed by atoms with Crippen molar-refractivity contribution in [3.63, 3.8) is 0 Å². The number of benzene rings is 2. The summed E-state index contributed by atoms with van der Waals surface area (Å²) in [5, 5.41) is 1.79. The van der Waals surface area contributed by atoms with Crippen LogP contribution in [0.4, 0.5) is 5.13 Å². The third-order valence-corrected chi connectivity index (χ3v) is 8.00. The molecule has 0 spiro atoms. The predicted molar refractivity (Wildman–Crippen MR) is 137 cm³/mol. The largest absolute Gasteiger partial charge is 0.347 e. The van der Waals surface area contributed by atoms with Gasteiger partial charge in [-0.25, -0.2) is 15.0 Å². The van der Waals surface area contributed by atoms with Crippen LogP contribution < -0.4 is 4.90 Å². The van der Waals surface area contributed by atoms with Crippen LogP contribution in [0.5, 0.6) is 0 Å². The first-order valence-corrected chi connectivity index (χ1v) is 12.7. The third-order valence-electron chi connectivity index (χ3n) is 6.69. The van der Waals surface area contributed by atoms with Gasteiger partial charge in [0.25, 0.3) is 5.91 Å². The zero-order valence-corrected chi connectivity index (χ0v) is 20.4. The van der Waals surface area contributed by atoms with Gasteiger partial charge in [-0.15, -0.1) is 0 Å². The SMILES string of the molecule is Cc1ccc(-c2ncccn2)c(C(=O)N2CC3CC(C2)CN(c2nc4ccc(Cl)cc4s2)C3)c1. The maximum atomic E-state index is 13.7. The van der Waals surface area contributed by atoms with Crippen LogP contribution in [0.2, 0.25) is 5.02 Å². The maximum absolute atomic E-state index is 13.7. The number of thiazole rings is 1. The molecular formula is C26H24ClN5OS. The van der Waals surface area contributed by atoms with Crippen LogP contribution in [-0.4, -0.2) is 51.9 Å². The van der Waals surface area contributed by atoms with E-state index in [2.05, 4.69) is 14.9 Å². The molecule has 2 fully saturated rings. The normalized spacial score (nSPS) is 20.1. The van der Waals surface area contributed by atoms with Crippen molar-refractivity contribution < 1.29 is 4.79 Å². The number of amides is 1. The first kappa shape index (κ1) is 21.5. The molecule has 2 atom stereocenters. The van der Waals surface area contributed by atoms with Crippen LogP contribution in [0.25, 0.3) is 21.6 Å². The van der Waals surface area contributed by atoms with Crippen LogP contribution in [0.1, 0.15) is 22.3 Å². The number of carbonyl (C=O) groups is 1. The summed E-state index contributed by atoms with van der Waals surface area (Å²) in [5.74, 6) is 1.51. The van der Waals surface area contributed by atoms with Gasteiger partial charge in [0.15, 0.2) is 11.0 Å². The van der Waals surface area contributed by atoms with E-state index in [1.165, 1.54) is 0 Å². The number of aryl methyl sites for hydroxylation is 1. The van der Waals surface area contributed by atoms with Gasteiger partial charge in [-0.2, -0.15) is 0 Å². The second kappa shape index (κ2) is 8.64. The minimum atomic E-state index is 0.0731. The average Bonchev–Trinajstić information content (AvgIpc) is 3.27. The van der Waals surface area contributed by atoms with Crippen molar-refractivity contribution in [2.24, 2.45) is 11.8 Å². The Balaban J connectivity index is 1.23. The Kier molecular flexibility index (Phi) is 5.46. The zero-order chi connectivity index (χ0) is 23.2. The second-order valence-electron chi connectivity index (χ2n) is 9.31. The number of fused-ring (bicyclic) bond motifs is 3. The fourth-order valence-electron chi connectivity index (χ4n) is 5.26. The molecule has 6 rings (SSSR count). The highest BCUT2D eigenvalue weighted by atomic mass is 35.5. The molecule has 6 nitrogen and oxygen atoms in total. The molecule has 34 heavy (non-hydrogen) atoms. The topological polar surface area (TPSA) is 62.2 Å². The lowest BCUT2D eigenvalue weighted by Crippen LogP contribution is -2.54. The maximum Gasteiger partial charge on any atom is 0.254 e. The van der Waals surface area contributed by atoms with Crippen molar-refractivity contribution >= 4 is 44.2 Å². The number of halogens is 1. The highest BCUT2D eigenvalue weighted by Crippen LogP contribution is 2.37. The van der Waals surface area contributed by atoms with E-state index in [9.17, 15) is 4.79 Å². The van der Waals surface area contributed by atoms with Crippen LogP contribution >= 0.6 is 22.9 Å². The number of aromatic nitrogens is 3. The molecule has 0 radical (unpaired) electrons. The van der Waals surface area contributed by atoms with E-state index in [-0.39, 0.29) is 5.91 Å². The molecule has 0 saturated carbocycles. The van der Waals surface area contributed by atoms with Gasteiger partial charge >= 0.3 is 0 Å². The van der Waals surface area contributed by atoms with Gasteiger partial charge in [-0.05, 0) is 55.5 Å². The summed E-state index contributed by atoms with van der Waals surface area (Å²) in [7, 11) is 0. The molecule has 2 saturated heterocycles. The molecule has 0 aliphatic carbocycles. The third kappa shape index (κ3) is 4.03. The summed E-state index contributed by atoms with van der Waals surface area (Å²) in [6.45, 7) is 5.35. The minimum Gasteiger partial charge on any atom is -0.347 e. The highest BCUT2D eigenvalue weighted by Gasteiger charge is 2.37. The second-order valence-corrected chi connectivity index (χ2v) is 10.8. The number of nitrogens with zero attached hydrogens (tertiary/aromatic N) is 5. The lowest BCUT2D eigenvalue weighted by Gasteiger charge is -2.45. The van der Waals surface area contributed by atoms with E-state index in [0.29, 0.717) is 23.2 Å². The summed E-state index contributed by atoms with van der Waals surface area (Å²) in [6.07, 6.45) is 4.58. The van der Waals surface area contributed by atoms with Crippen molar-refractivity contribution in [1.82, 2.24) is 19.9 Å². The average molecular weight is 490 g/mol. The molecule has 172 valence electrons. The Morgan fingerprint density at radius 1 is 1.03 bits per heavy atom. The Morgan fingerprint density at radius 3 is 2.56 bits per heavy atom. The van der Waals surface area contributed by atoms with E-state index in [1.54, 1.807) is 29.8 Å². The molecule has 4 aromatic rings. The number of likely N-dealkylation sites (tertiary alicyclic amines) is 1. The number of hydrogen-bond donors (Lipinski definition) is 0. The van der Waals surface area contributed by atoms with E-state index in [0.717, 1.165) is 64.1 Å². The molecule has 8 heteroatoms. The summed E-state index contributed by atoms with van der Waals surface area (Å²) >= 11 is 7.87. The van der Waals surface area contributed by atoms with Gasteiger partial charge in [0.05, 0.1) is 15.8 Å². The lowest BCUT2D eigenvalue weighted by molar-refractivity contribution is 0.0565. The molecule has 2 aromatic heterocycles. The van der Waals surface area contributed by atoms with E-state index >= 15 is 0 Å². The standard InChI is InChI=1S/C26H24ClN5OS/c1-16-3-5-20(24-28-7-2-8-29-24)21(9-16)25(33)31-12-17-10-18(13-31)15-32(14-17)26-30-22-6-4-19(27)11-23(22)34-26/h2-9,11,17-18H,10,12-15H2,1H3. The van der Waals surface area contributed by atoms with Crippen LogP contribution in [0, 0.1) is 18.8 Å². The molecule has 0 N–H and O–H groups in total. The number of anilines is 1. The molecule has 1 amide bonds. The fraction of sp³-hybridized carbons (Fsp3) is 0.308. The smallest absolute Gasteiger partial charge is 0.254 e. The summed E-state index contributed by atoms with van der Waals surface area (Å²) < 4.78 is 1.12. The number of hydrogen-bond acceptors (Lipinski definition) is 6. The molecule has 4 heterocycles. The monoisotopic (exact) mass is 489 g/mol. The Hall–Kier alpha value is -3.03. The van der Waals surface area contributed by atoms with Crippen LogP contribution in [0.15, 0.2) is 54.9 Å². The van der Waals surface area contributed by atoms with Crippen molar-refractivity contribution in [2.45, 2.75) is 13.3 Å². The fourth-order valence-corrected chi connectivity index (χ4v) is 6.52. The molecule has 2 unspecified atom stereocenters. The van der Waals surface area contributed by atoms with Gasteiger partial charge in [0.2, 0.25) is 0 Å². The quantitative estimate of drug-likeness (QED) is 0.390. The summed E-state index contributed by atoms with van der Waals surface area (Å²) in [4.78, 5) is 31.8. The van der Waals surface area contributed by atoms with E-state index in [1.807, 2.05) is 48.2 Å². The van der Waals surface area contributed by atoms with Gasteiger partial charge in [-0.3, -0.25) is 4.79 Å². The van der Waals surface area contributed by atoms with E-state index in [4.69, 9.17) is 16.6 Å². The molecule has 2 aliphatic heterocycles. The number of piperidine rings is 2. The predicted octanol–water partition coefficient (Wildman–Crippen LogP) is 5.31. The zero-order valence-electron chi connectivity index (χ0n) is 18.8. The number of carbonyl (C=O) groups excluding carboxylic acids is 1. The Morgan fingerprint density at radius 2 is 1.79 bits per heavy atom. The molecule has 2 aliphatic rings. The first-order valence-electron chi connectivity index (χ1n) is 11.5. The minimum absolute atomic E-state index is 0.0731. The Bertz CT molecular complexity index is 1360. The van der Waals surface area contributed by atoms with E-state index < -0.39 is 0 Å². The lowest BCUT2D eigenvalue weighted by atomic mass is 9.84. The molecular weight excluding hydrogens is 466 g/mol. The van der Waals surface area contributed by atoms with Crippen molar-refractivity contribution in [2.75, 3.05) is 31.1 Å². The van der Waals surface area contributed by atoms with Crippen molar-refractivity contribution in [3.8, 4) is 11.4 Å². The van der Waals surface area contributed by atoms with Crippen molar-refractivity contribution in [1.29, 1.82) is 0 Å². The molecule has 2 aromatic carbocycles.